The standard InChI is InChI=1S/C15H23FN2O2S/c1-11-8-13(16)9-12(2)15(11)21(19,20)18(3)10-14-6-4-5-7-17-14/h8-9,14,17H,4-7,10H2,1-3H3. The highest BCUT2D eigenvalue weighted by atomic mass is 32.2. The Morgan fingerprint density at radius 2 is 1.90 bits per heavy atom. The lowest BCUT2D eigenvalue weighted by Gasteiger charge is -2.28. The number of nitrogens with one attached hydrogen (secondary N) is 1. The molecule has 118 valence electrons. The van der Waals surface area contributed by atoms with E-state index in [1.54, 1.807) is 20.9 Å². The van der Waals surface area contributed by atoms with Crippen molar-refractivity contribution < 1.29 is 12.8 Å². The molecule has 0 aliphatic carbocycles. The van der Waals surface area contributed by atoms with E-state index in [1.165, 1.54) is 16.4 Å². The van der Waals surface area contributed by atoms with Gasteiger partial charge in [0.1, 0.15) is 5.82 Å². The quantitative estimate of drug-likeness (QED) is 0.927. The Hall–Kier alpha value is -0.980. The lowest BCUT2D eigenvalue weighted by atomic mass is 10.1. The summed E-state index contributed by atoms with van der Waals surface area (Å²) in [6.07, 6.45) is 3.25. The van der Waals surface area contributed by atoms with E-state index in [2.05, 4.69) is 5.32 Å². The van der Waals surface area contributed by atoms with Crippen molar-refractivity contribution in [1.82, 2.24) is 9.62 Å². The zero-order valence-corrected chi connectivity index (χ0v) is 13.6. The van der Waals surface area contributed by atoms with Gasteiger partial charge in [0.25, 0.3) is 0 Å². The Bertz CT molecular complexity index is 587. The maximum atomic E-state index is 13.4. The minimum absolute atomic E-state index is 0.194. The largest absolute Gasteiger partial charge is 0.313 e. The van der Waals surface area contributed by atoms with Gasteiger partial charge >= 0.3 is 0 Å². The Morgan fingerprint density at radius 3 is 2.43 bits per heavy atom. The average molecular weight is 314 g/mol. The van der Waals surface area contributed by atoms with Gasteiger partial charge in [-0.15, -0.1) is 0 Å². The van der Waals surface area contributed by atoms with E-state index < -0.39 is 15.8 Å². The fourth-order valence-electron chi connectivity index (χ4n) is 2.95. The third kappa shape index (κ3) is 3.62. The first-order chi connectivity index (χ1) is 9.82. The molecule has 0 radical (unpaired) electrons. The first-order valence-electron chi connectivity index (χ1n) is 7.29. The van der Waals surface area contributed by atoms with Gasteiger partial charge in [0, 0.05) is 19.6 Å². The van der Waals surface area contributed by atoms with Crippen molar-refractivity contribution in [3.63, 3.8) is 0 Å². The number of aryl methyl sites for hydroxylation is 2. The summed E-state index contributed by atoms with van der Waals surface area (Å²) < 4.78 is 40.2. The second-order valence-electron chi connectivity index (χ2n) is 5.80. The summed E-state index contributed by atoms with van der Waals surface area (Å²) in [6.45, 7) is 4.65. The molecule has 0 saturated carbocycles. The number of piperidine rings is 1. The minimum atomic E-state index is -3.59. The molecular weight excluding hydrogens is 291 g/mol. The molecule has 1 saturated heterocycles. The van der Waals surface area contributed by atoms with Gasteiger partial charge in [-0.2, -0.15) is 4.31 Å². The molecule has 0 bridgehead atoms. The molecule has 1 fully saturated rings. The minimum Gasteiger partial charge on any atom is -0.313 e. The normalized spacial score (nSPS) is 20.0. The van der Waals surface area contributed by atoms with Gasteiger partial charge in [0.05, 0.1) is 4.90 Å². The van der Waals surface area contributed by atoms with Gasteiger partial charge in [-0.05, 0) is 56.5 Å². The highest BCUT2D eigenvalue weighted by molar-refractivity contribution is 7.89. The molecule has 1 N–H and O–H groups in total. The van der Waals surface area contributed by atoms with Crippen molar-refractivity contribution in [3.8, 4) is 0 Å². The van der Waals surface area contributed by atoms with Crippen LogP contribution in [-0.2, 0) is 10.0 Å². The maximum absolute atomic E-state index is 13.4. The molecule has 4 nitrogen and oxygen atoms in total. The molecule has 1 aromatic rings. The Balaban J connectivity index is 2.24. The van der Waals surface area contributed by atoms with Crippen LogP contribution < -0.4 is 5.32 Å². The summed E-state index contributed by atoms with van der Waals surface area (Å²) in [7, 11) is -2.00. The van der Waals surface area contributed by atoms with Crippen molar-refractivity contribution in [2.45, 2.75) is 44.0 Å². The number of nitrogens with zero attached hydrogens (tertiary/aromatic N) is 1. The van der Waals surface area contributed by atoms with Crippen LogP contribution in [0.3, 0.4) is 0 Å². The van der Waals surface area contributed by atoms with E-state index in [4.69, 9.17) is 0 Å². The predicted molar refractivity (Wildman–Crippen MR) is 81.3 cm³/mol. The number of hydrogen-bond acceptors (Lipinski definition) is 3. The smallest absolute Gasteiger partial charge is 0.243 e. The molecule has 0 amide bonds. The fourth-order valence-corrected chi connectivity index (χ4v) is 4.57. The molecule has 2 rings (SSSR count). The molecule has 21 heavy (non-hydrogen) atoms. The van der Waals surface area contributed by atoms with Gasteiger partial charge in [-0.1, -0.05) is 6.42 Å². The molecule has 1 heterocycles. The van der Waals surface area contributed by atoms with Crippen molar-refractivity contribution in [1.29, 1.82) is 0 Å². The van der Waals surface area contributed by atoms with E-state index in [1.807, 2.05) is 0 Å². The fraction of sp³-hybridized carbons (Fsp3) is 0.600. The summed E-state index contributed by atoms with van der Waals surface area (Å²) in [6, 6.07) is 2.73. The molecule has 6 heteroatoms. The van der Waals surface area contributed by atoms with Gasteiger partial charge in [0.2, 0.25) is 10.0 Å². The molecule has 1 aliphatic rings. The first-order valence-corrected chi connectivity index (χ1v) is 8.73. The van der Waals surface area contributed by atoms with Crippen LogP contribution in [-0.4, -0.2) is 38.9 Å². The molecule has 1 aromatic carbocycles. The molecule has 0 spiro atoms. The van der Waals surface area contributed by atoms with Gasteiger partial charge in [0.15, 0.2) is 0 Å². The number of hydrogen-bond donors (Lipinski definition) is 1. The molecular formula is C15H23FN2O2S. The first kappa shape index (κ1) is 16.4. The van der Waals surface area contributed by atoms with Crippen molar-refractivity contribution >= 4 is 10.0 Å². The Labute approximate surface area is 126 Å². The highest BCUT2D eigenvalue weighted by Gasteiger charge is 2.27. The number of rotatable bonds is 4. The average Bonchev–Trinajstić information content (AvgIpc) is 2.38. The van der Waals surface area contributed by atoms with Crippen LogP contribution >= 0.6 is 0 Å². The zero-order valence-electron chi connectivity index (χ0n) is 12.8. The van der Waals surface area contributed by atoms with E-state index >= 15 is 0 Å². The van der Waals surface area contributed by atoms with Gasteiger partial charge in [-0.25, -0.2) is 12.8 Å². The maximum Gasteiger partial charge on any atom is 0.243 e. The Kier molecular flexibility index (Phi) is 5.01. The summed E-state index contributed by atoms with van der Waals surface area (Å²) >= 11 is 0. The van der Waals surface area contributed by atoms with Crippen LogP contribution in [0, 0.1) is 19.7 Å². The summed E-state index contributed by atoms with van der Waals surface area (Å²) in [5.74, 6) is -0.402. The van der Waals surface area contributed by atoms with Crippen molar-refractivity contribution in [2.24, 2.45) is 0 Å². The second kappa shape index (κ2) is 6.42. The third-order valence-corrected chi connectivity index (χ3v) is 6.11. The van der Waals surface area contributed by atoms with E-state index in [0.717, 1.165) is 25.8 Å². The van der Waals surface area contributed by atoms with Crippen LogP contribution in [0.1, 0.15) is 30.4 Å². The van der Waals surface area contributed by atoms with Crippen LogP contribution in [0.25, 0.3) is 0 Å². The number of halogens is 1. The summed E-state index contributed by atoms with van der Waals surface area (Å²) in [5, 5.41) is 3.35. The molecule has 1 unspecified atom stereocenters. The highest BCUT2D eigenvalue weighted by Crippen LogP contribution is 2.24. The predicted octanol–water partition coefficient (Wildman–Crippen LogP) is 2.21. The molecule has 1 atom stereocenters. The van der Waals surface area contributed by atoms with E-state index in [9.17, 15) is 12.8 Å². The van der Waals surface area contributed by atoms with Gasteiger partial charge in [-0.3, -0.25) is 0 Å². The lowest BCUT2D eigenvalue weighted by Crippen LogP contribution is -2.44. The summed E-state index contributed by atoms with van der Waals surface area (Å²) in [4.78, 5) is 0.224. The number of sulfonamides is 1. The zero-order chi connectivity index (χ0) is 15.6. The van der Waals surface area contributed by atoms with E-state index in [0.29, 0.717) is 17.7 Å². The van der Waals surface area contributed by atoms with Crippen LogP contribution in [0.5, 0.6) is 0 Å². The lowest BCUT2D eigenvalue weighted by molar-refractivity contribution is 0.337. The van der Waals surface area contributed by atoms with Gasteiger partial charge < -0.3 is 5.32 Å². The van der Waals surface area contributed by atoms with E-state index in [-0.39, 0.29) is 10.9 Å². The third-order valence-electron chi connectivity index (χ3n) is 3.98. The number of likely N-dealkylation sites (N-methyl/N-ethyl adjacent to an activating group) is 1. The van der Waals surface area contributed by atoms with Crippen LogP contribution in [0.2, 0.25) is 0 Å². The SMILES string of the molecule is Cc1cc(F)cc(C)c1S(=O)(=O)N(C)CC1CCCCN1. The monoisotopic (exact) mass is 314 g/mol. The number of benzene rings is 1. The molecule has 1 aliphatic heterocycles. The van der Waals surface area contributed by atoms with Crippen LogP contribution in [0.15, 0.2) is 17.0 Å². The van der Waals surface area contributed by atoms with Crippen LogP contribution in [0.4, 0.5) is 4.39 Å². The molecule has 0 aromatic heterocycles. The topological polar surface area (TPSA) is 49.4 Å². The second-order valence-corrected chi connectivity index (χ2v) is 7.78. The van der Waals surface area contributed by atoms with Crippen molar-refractivity contribution in [2.75, 3.05) is 20.1 Å². The summed E-state index contributed by atoms with van der Waals surface area (Å²) in [5.41, 5.74) is 0.909. The van der Waals surface area contributed by atoms with Crippen molar-refractivity contribution in [3.05, 3.63) is 29.1 Å². The Morgan fingerprint density at radius 1 is 1.29 bits per heavy atom.